The molecule has 88 valence electrons. The molecule has 0 aliphatic rings. The molecule has 1 unspecified atom stereocenters. The molecule has 0 amide bonds. The van der Waals surface area contributed by atoms with Crippen molar-refractivity contribution in [2.75, 3.05) is 11.9 Å². The number of nitrogens with one attached hydrogen (secondary N) is 1. The minimum atomic E-state index is -0.883. The van der Waals surface area contributed by atoms with Crippen LogP contribution in [0.1, 0.15) is 37.0 Å². The van der Waals surface area contributed by atoms with Crippen molar-refractivity contribution in [3.05, 3.63) is 29.8 Å². The second-order valence-electron chi connectivity index (χ2n) is 4.16. The molecule has 1 aromatic carbocycles. The highest BCUT2D eigenvalue weighted by molar-refractivity contribution is 5.87. The normalized spacial score (nSPS) is 12.1. The van der Waals surface area contributed by atoms with E-state index in [1.807, 2.05) is 12.1 Å². The predicted molar refractivity (Wildman–Crippen MR) is 66.0 cm³/mol. The van der Waals surface area contributed by atoms with E-state index >= 15 is 0 Å². The van der Waals surface area contributed by atoms with E-state index in [0.717, 1.165) is 12.2 Å². The number of carboxylic acid groups (broad SMARTS) is 1. The van der Waals surface area contributed by atoms with Crippen molar-refractivity contribution in [2.45, 2.75) is 26.7 Å². The molecule has 3 heteroatoms. The zero-order valence-corrected chi connectivity index (χ0v) is 9.86. The van der Waals surface area contributed by atoms with Gasteiger partial charge in [0.05, 0.1) is 5.56 Å². The molecule has 0 aliphatic carbocycles. The number of carboxylic acids is 1. The van der Waals surface area contributed by atoms with Crippen molar-refractivity contribution in [3.8, 4) is 0 Å². The van der Waals surface area contributed by atoms with Crippen molar-refractivity contribution in [1.29, 1.82) is 0 Å². The zero-order valence-electron chi connectivity index (χ0n) is 9.86. The van der Waals surface area contributed by atoms with E-state index < -0.39 is 5.97 Å². The Kier molecular flexibility index (Phi) is 4.83. The fourth-order valence-electron chi connectivity index (χ4n) is 1.62. The van der Waals surface area contributed by atoms with Gasteiger partial charge in [-0.15, -0.1) is 0 Å². The summed E-state index contributed by atoms with van der Waals surface area (Å²) in [5.41, 5.74) is 1.31. The largest absolute Gasteiger partial charge is 0.478 e. The molecular formula is C13H19NO2. The number of hydrogen-bond donors (Lipinski definition) is 2. The van der Waals surface area contributed by atoms with Gasteiger partial charge in [0.2, 0.25) is 0 Å². The van der Waals surface area contributed by atoms with Crippen LogP contribution in [0.15, 0.2) is 24.3 Å². The molecule has 1 aromatic rings. The Labute approximate surface area is 96.5 Å². The van der Waals surface area contributed by atoms with Gasteiger partial charge >= 0.3 is 5.97 Å². The molecule has 0 saturated heterocycles. The molecule has 1 atom stereocenters. The first-order chi connectivity index (χ1) is 7.63. The quantitative estimate of drug-likeness (QED) is 0.775. The van der Waals surface area contributed by atoms with Gasteiger partial charge in [0.25, 0.3) is 0 Å². The van der Waals surface area contributed by atoms with Crippen molar-refractivity contribution in [2.24, 2.45) is 5.92 Å². The molecule has 1 rings (SSSR count). The predicted octanol–water partition coefficient (Wildman–Crippen LogP) is 3.23. The number of benzene rings is 1. The summed E-state index contributed by atoms with van der Waals surface area (Å²) in [6.07, 6.45) is 2.40. The Morgan fingerprint density at radius 3 is 2.50 bits per heavy atom. The van der Waals surface area contributed by atoms with E-state index in [2.05, 4.69) is 19.2 Å². The fourth-order valence-corrected chi connectivity index (χ4v) is 1.62. The maximum Gasteiger partial charge on any atom is 0.335 e. The molecule has 16 heavy (non-hydrogen) atoms. The third-order valence-electron chi connectivity index (χ3n) is 2.57. The van der Waals surface area contributed by atoms with Crippen LogP contribution < -0.4 is 5.32 Å². The average Bonchev–Trinajstić information content (AvgIpc) is 2.27. The minimum Gasteiger partial charge on any atom is -0.478 e. The Bertz CT molecular complexity index is 332. The SMILES string of the molecule is CCCC(C)CNc1ccc(C(=O)O)cc1. The lowest BCUT2D eigenvalue weighted by Gasteiger charge is -2.12. The summed E-state index contributed by atoms with van der Waals surface area (Å²) in [5.74, 6) is -0.241. The topological polar surface area (TPSA) is 49.3 Å². The third-order valence-corrected chi connectivity index (χ3v) is 2.57. The summed E-state index contributed by atoms with van der Waals surface area (Å²) < 4.78 is 0. The van der Waals surface area contributed by atoms with Crippen LogP contribution >= 0.6 is 0 Å². The van der Waals surface area contributed by atoms with E-state index in [-0.39, 0.29) is 0 Å². The molecule has 0 aliphatic heterocycles. The van der Waals surface area contributed by atoms with Crippen LogP contribution in [-0.4, -0.2) is 17.6 Å². The van der Waals surface area contributed by atoms with E-state index in [4.69, 9.17) is 5.11 Å². The minimum absolute atomic E-state index is 0.326. The number of anilines is 1. The fraction of sp³-hybridized carbons (Fsp3) is 0.462. The van der Waals surface area contributed by atoms with Crippen molar-refractivity contribution >= 4 is 11.7 Å². The molecule has 0 radical (unpaired) electrons. The summed E-state index contributed by atoms with van der Waals surface area (Å²) in [5, 5.41) is 12.0. The van der Waals surface area contributed by atoms with Crippen LogP contribution in [-0.2, 0) is 0 Å². The van der Waals surface area contributed by atoms with Gasteiger partial charge in [-0.05, 0) is 36.6 Å². The Morgan fingerprint density at radius 2 is 2.00 bits per heavy atom. The van der Waals surface area contributed by atoms with Gasteiger partial charge in [0.15, 0.2) is 0 Å². The monoisotopic (exact) mass is 221 g/mol. The zero-order chi connectivity index (χ0) is 12.0. The van der Waals surface area contributed by atoms with Gasteiger partial charge in [-0.1, -0.05) is 20.3 Å². The van der Waals surface area contributed by atoms with Gasteiger partial charge in [-0.3, -0.25) is 0 Å². The smallest absolute Gasteiger partial charge is 0.335 e. The van der Waals surface area contributed by atoms with Gasteiger partial charge in [-0.25, -0.2) is 4.79 Å². The molecule has 3 nitrogen and oxygen atoms in total. The van der Waals surface area contributed by atoms with Crippen LogP contribution in [0.25, 0.3) is 0 Å². The highest BCUT2D eigenvalue weighted by Crippen LogP contribution is 2.11. The average molecular weight is 221 g/mol. The lowest BCUT2D eigenvalue weighted by Crippen LogP contribution is -2.11. The van der Waals surface area contributed by atoms with Crippen molar-refractivity contribution < 1.29 is 9.90 Å². The molecule has 0 spiro atoms. The highest BCUT2D eigenvalue weighted by atomic mass is 16.4. The first-order valence-corrected chi connectivity index (χ1v) is 5.70. The third kappa shape index (κ3) is 3.93. The summed E-state index contributed by atoms with van der Waals surface area (Å²) in [4.78, 5) is 10.6. The van der Waals surface area contributed by atoms with Crippen molar-refractivity contribution in [1.82, 2.24) is 0 Å². The van der Waals surface area contributed by atoms with Gasteiger partial charge < -0.3 is 10.4 Å². The van der Waals surface area contributed by atoms with Gasteiger partial charge in [0.1, 0.15) is 0 Å². The van der Waals surface area contributed by atoms with Crippen LogP contribution in [0.4, 0.5) is 5.69 Å². The standard InChI is InChI=1S/C13H19NO2/c1-3-4-10(2)9-14-12-7-5-11(6-8-12)13(15)16/h5-8,10,14H,3-4,9H2,1-2H3,(H,15,16). The summed E-state index contributed by atoms with van der Waals surface area (Å²) in [7, 11) is 0. The molecular weight excluding hydrogens is 202 g/mol. The van der Waals surface area contributed by atoms with E-state index in [1.165, 1.54) is 12.8 Å². The molecule has 0 saturated carbocycles. The van der Waals surface area contributed by atoms with Gasteiger partial charge in [0, 0.05) is 12.2 Å². The summed E-state index contributed by atoms with van der Waals surface area (Å²) >= 11 is 0. The highest BCUT2D eigenvalue weighted by Gasteiger charge is 2.03. The van der Waals surface area contributed by atoms with Gasteiger partial charge in [-0.2, -0.15) is 0 Å². The first kappa shape index (κ1) is 12.6. The van der Waals surface area contributed by atoms with Crippen LogP contribution in [0.3, 0.4) is 0 Å². The summed E-state index contributed by atoms with van der Waals surface area (Å²) in [6.45, 7) is 5.32. The van der Waals surface area contributed by atoms with E-state index in [1.54, 1.807) is 12.1 Å². The van der Waals surface area contributed by atoms with Crippen LogP contribution in [0, 0.1) is 5.92 Å². The lowest BCUT2D eigenvalue weighted by atomic mass is 10.1. The summed E-state index contributed by atoms with van der Waals surface area (Å²) in [6, 6.07) is 6.86. The van der Waals surface area contributed by atoms with Crippen LogP contribution in [0.2, 0.25) is 0 Å². The van der Waals surface area contributed by atoms with Crippen LogP contribution in [0.5, 0.6) is 0 Å². The number of carbonyl (C=O) groups is 1. The molecule has 2 N–H and O–H groups in total. The number of aromatic carboxylic acids is 1. The molecule has 0 bridgehead atoms. The Morgan fingerprint density at radius 1 is 1.38 bits per heavy atom. The van der Waals surface area contributed by atoms with E-state index in [9.17, 15) is 4.79 Å². The molecule has 0 aromatic heterocycles. The Balaban J connectivity index is 2.46. The maximum atomic E-state index is 10.6. The van der Waals surface area contributed by atoms with Crippen molar-refractivity contribution in [3.63, 3.8) is 0 Å². The first-order valence-electron chi connectivity index (χ1n) is 5.70. The number of rotatable bonds is 6. The molecule has 0 heterocycles. The van der Waals surface area contributed by atoms with E-state index in [0.29, 0.717) is 11.5 Å². The second-order valence-corrected chi connectivity index (χ2v) is 4.16. The molecule has 0 fully saturated rings. The number of hydrogen-bond acceptors (Lipinski definition) is 2. The second kappa shape index (κ2) is 6.16. The Hall–Kier alpha value is -1.51. The maximum absolute atomic E-state index is 10.6. The lowest BCUT2D eigenvalue weighted by molar-refractivity contribution is 0.0697.